The summed E-state index contributed by atoms with van der Waals surface area (Å²) >= 11 is 0. The van der Waals surface area contributed by atoms with Crippen LogP contribution >= 0.6 is 0 Å². The van der Waals surface area contributed by atoms with Crippen LogP contribution in [0.3, 0.4) is 0 Å². The van der Waals surface area contributed by atoms with E-state index in [-0.39, 0.29) is 0 Å². The molecule has 0 aliphatic heterocycles. The van der Waals surface area contributed by atoms with Gasteiger partial charge in [-0.25, -0.2) is 0 Å². The first-order valence-electron chi connectivity index (χ1n) is 4.34. The Morgan fingerprint density at radius 2 is 2.10 bits per heavy atom. The molecular formula is C8H18N2. The Balaban J connectivity index is 1.76. The molecule has 2 nitrogen and oxygen atoms in total. The van der Waals surface area contributed by atoms with Gasteiger partial charge >= 0.3 is 0 Å². The number of nitrogens with one attached hydrogen (secondary N) is 1. The van der Waals surface area contributed by atoms with Crippen molar-refractivity contribution in [3.8, 4) is 0 Å². The normalized spacial score (nSPS) is 18.9. The average Bonchev–Trinajstić information content (AvgIpc) is 1.84. The molecule has 1 aliphatic carbocycles. The van der Waals surface area contributed by atoms with Gasteiger partial charge in [-0.1, -0.05) is 19.3 Å². The molecule has 0 aromatic heterocycles. The molecule has 0 heterocycles. The fourth-order valence-electron chi connectivity index (χ4n) is 1.31. The van der Waals surface area contributed by atoms with Crippen molar-refractivity contribution < 1.29 is 0 Å². The number of hydrogen-bond acceptors (Lipinski definition) is 2. The van der Waals surface area contributed by atoms with Gasteiger partial charge < -0.3 is 11.1 Å². The molecule has 0 spiro atoms. The Morgan fingerprint density at radius 1 is 1.30 bits per heavy atom. The van der Waals surface area contributed by atoms with Crippen molar-refractivity contribution in [2.75, 3.05) is 19.6 Å². The predicted octanol–water partition coefficient (Wildman–Crippen LogP) is 0.725. The molecule has 1 rings (SSSR count). The molecule has 0 aromatic rings. The molecule has 10 heavy (non-hydrogen) atoms. The molecule has 2 heteroatoms. The highest BCUT2D eigenvalue weighted by molar-refractivity contribution is 4.70. The molecule has 1 saturated carbocycles. The zero-order valence-electron chi connectivity index (χ0n) is 6.60. The highest BCUT2D eigenvalue weighted by Crippen LogP contribution is 2.28. The van der Waals surface area contributed by atoms with Crippen LogP contribution in [0.4, 0.5) is 0 Å². The minimum absolute atomic E-state index is 0.769. The molecule has 0 atom stereocenters. The summed E-state index contributed by atoms with van der Waals surface area (Å²) in [5, 5.41) is 3.31. The van der Waals surface area contributed by atoms with Crippen molar-refractivity contribution in [2.24, 2.45) is 11.7 Å². The van der Waals surface area contributed by atoms with Crippen LogP contribution < -0.4 is 11.1 Å². The number of rotatable bonds is 5. The quantitative estimate of drug-likeness (QED) is 0.555. The van der Waals surface area contributed by atoms with Crippen molar-refractivity contribution in [1.29, 1.82) is 0 Å². The molecule has 0 bridgehead atoms. The highest BCUT2D eigenvalue weighted by Gasteiger charge is 2.15. The number of nitrogens with two attached hydrogens (primary N) is 1. The molecule has 1 fully saturated rings. The minimum Gasteiger partial charge on any atom is -0.329 e. The summed E-state index contributed by atoms with van der Waals surface area (Å²) in [6.07, 6.45) is 5.75. The first-order valence-corrected chi connectivity index (χ1v) is 4.34. The van der Waals surface area contributed by atoms with Crippen LogP contribution in [0.25, 0.3) is 0 Å². The summed E-state index contributed by atoms with van der Waals surface area (Å²) in [6.45, 7) is 2.92. The van der Waals surface area contributed by atoms with Gasteiger partial charge in [-0.2, -0.15) is 0 Å². The van der Waals surface area contributed by atoms with E-state index in [2.05, 4.69) is 5.32 Å². The summed E-state index contributed by atoms with van der Waals surface area (Å²) in [6, 6.07) is 0. The van der Waals surface area contributed by atoms with E-state index in [4.69, 9.17) is 5.73 Å². The Bertz CT molecular complexity index is 79.3. The summed E-state index contributed by atoms with van der Waals surface area (Å²) in [5.74, 6) is 1.03. The van der Waals surface area contributed by atoms with Gasteiger partial charge in [-0.3, -0.25) is 0 Å². The van der Waals surface area contributed by atoms with Crippen molar-refractivity contribution in [3.63, 3.8) is 0 Å². The minimum atomic E-state index is 0.769. The lowest BCUT2D eigenvalue weighted by molar-refractivity contribution is 0.293. The Labute approximate surface area is 63.2 Å². The van der Waals surface area contributed by atoms with E-state index in [9.17, 15) is 0 Å². The molecule has 0 aromatic carbocycles. The Kier molecular flexibility index (Phi) is 3.76. The lowest BCUT2D eigenvalue weighted by Gasteiger charge is -2.25. The summed E-state index contributed by atoms with van der Waals surface area (Å²) in [5.41, 5.74) is 5.33. The van der Waals surface area contributed by atoms with Gasteiger partial charge in [0.1, 0.15) is 0 Å². The SMILES string of the molecule is NCCNCCC1CCC1. The van der Waals surface area contributed by atoms with Crippen LogP contribution in [0.2, 0.25) is 0 Å². The molecule has 60 valence electrons. The van der Waals surface area contributed by atoms with Crippen LogP contribution in [-0.4, -0.2) is 19.6 Å². The van der Waals surface area contributed by atoms with E-state index < -0.39 is 0 Å². The maximum atomic E-state index is 5.33. The lowest BCUT2D eigenvalue weighted by Crippen LogP contribution is -2.26. The van der Waals surface area contributed by atoms with Crippen LogP contribution in [-0.2, 0) is 0 Å². The van der Waals surface area contributed by atoms with E-state index in [1.807, 2.05) is 0 Å². The smallest absolute Gasteiger partial charge is 0.00745 e. The summed E-state index contributed by atoms with van der Waals surface area (Å²) < 4.78 is 0. The van der Waals surface area contributed by atoms with Gasteiger partial charge in [0.15, 0.2) is 0 Å². The fourth-order valence-corrected chi connectivity index (χ4v) is 1.31. The topological polar surface area (TPSA) is 38.0 Å². The summed E-state index contributed by atoms with van der Waals surface area (Å²) in [7, 11) is 0. The highest BCUT2D eigenvalue weighted by atomic mass is 14.9. The van der Waals surface area contributed by atoms with E-state index in [0.717, 1.165) is 19.0 Å². The molecular weight excluding hydrogens is 124 g/mol. The average molecular weight is 142 g/mol. The Morgan fingerprint density at radius 3 is 2.60 bits per heavy atom. The van der Waals surface area contributed by atoms with Crippen LogP contribution in [0.15, 0.2) is 0 Å². The van der Waals surface area contributed by atoms with Crippen molar-refractivity contribution in [2.45, 2.75) is 25.7 Å². The first kappa shape index (κ1) is 8.02. The van der Waals surface area contributed by atoms with Crippen LogP contribution in [0.1, 0.15) is 25.7 Å². The molecule has 0 radical (unpaired) electrons. The number of hydrogen-bond donors (Lipinski definition) is 2. The van der Waals surface area contributed by atoms with Gasteiger partial charge in [0.2, 0.25) is 0 Å². The van der Waals surface area contributed by atoms with Gasteiger partial charge in [-0.15, -0.1) is 0 Å². The maximum absolute atomic E-state index is 5.33. The third-order valence-corrected chi connectivity index (χ3v) is 2.28. The summed E-state index contributed by atoms with van der Waals surface area (Å²) in [4.78, 5) is 0. The third-order valence-electron chi connectivity index (χ3n) is 2.28. The van der Waals surface area contributed by atoms with Crippen molar-refractivity contribution >= 4 is 0 Å². The van der Waals surface area contributed by atoms with Gasteiger partial charge in [-0.05, 0) is 18.9 Å². The van der Waals surface area contributed by atoms with Crippen molar-refractivity contribution in [3.05, 3.63) is 0 Å². The van der Waals surface area contributed by atoms with Crippen molar-refractivity contribution in [1.82, 2.24) is 5.32 Å². The van der Waals surface area contributed by atoms with Gasteiger partial charge in [0.05, 0.1) is 0 Å². The van der Waals surface area contributed by atoms with Gasteiger partial charge in [0.25, 0.3) is 0 Å². The zero-order chi connectivity index (χ0) is 7.23. The Hall–Kier alpha value is -0.0800. The van der Waals surface area contributed by atoms with E-state index in [0.29, 0.717) is 0 Å². The molecule has 3 N–H and O–H groups in total. The first-order chi connectivity index (χ1) is 4.93. The lowest BCUT2D eigenvalue weighted by atomic mass is 9.83. The van der Waals surface area contributed by atoms with Crippen LogP contribution in [0.5, 0.6) is 0 Å². The van der Waals surface area contributed by atoms with E-state index >= 15 is 0 Å². The third kappa shape index (κ3) is 2.67. The molecule has 1 aliphatic rings. The van der Waals surface area contributed by atoms with E-state index in [1.54, 1.807) is 0 Å². The fraction of sp³-hybridized carbons (Fsp3) is 1.00. The second kappa shape index (κ2) is 4.69. The zero-order valence-corrected chi connectivity index (χ0v) is 6.60. The molecule has 0 saturated heterocycles. The predicted molar refractivity (Wildman–Crippen MR) is 43.9 cm³/mol. The second-order valence-corrected chi connectivity index (χ2v) is 3.12. The monoisotopic (exact) mass is 142 g/mol. The maximum Gasteiger partial charge on any atom is 0.00745 e. The van der Waals surface area contributed by atoms with Gasteiger partial charge in [0, 0.05) is 13.1 Å². The van der Waals surface area contributed by atoms with E-state index in [1.165, 1.54) is 32.2 Å². The molecule has 0 unspecified atom stereocenters. The largest absolute Gasteiger partial charge is 0.329 e. The van der Waals surface area contributed by atoms with Crippen LogP contribution in [0, 0.1) is 5.92 Å². The molecule has 0 amide bonds. The second-order valence-electron chi connectivity index (χ2n) is 3.12. The standard InChI is InChI=1S/C8H18N2/c9-5-7-10-6-4-8-2-1-3-8/h8,10H,1-7,9H2.